The van der Waals surface area contributed by atoms with Gasteiger partial charge in [-0.2, -0.15) is 0 Å². The van der Waals surface area contributed by atoms with Crippen molar-refractivity contribution < 1.29 is 13.2 Å². The van der Waals surface area contributed by atoms with Gasteiger partial charge in [0.25, 0.3) is 0 Å². The zero-order chi connectivity index (χ0) is 13.2. The van der Waals surface area contributed by atoms with Crippen LogP contribution in [0.2, 0.25) is 0 Å². The van der Waals surface area contributed by atoms with Gasteiger partial charge in [-0.15, -0.1) is 0 Å². The predicted molar refractivity (Wildman–Crippen MR) is 66.1 cm³/mol. The molecule has 0 aliphatic heterocycles. The fraction of sp³-hybridized carbons (Fsp3) is 0.364. The molecule has 0 aromatic heterocycles. The molecule has 6 heteroatoms. The van der Waals surface area contributed by atoms with E-state index in [1.54, 1.807) is 13.8 Å². The molecule has 0 saturated heterocycles. The molecule has 1 aromatic carbocycles. The Balaban J connectivity index is 3.30. The molecule has 0 fully saturated rings. The van der Waals surface area contributed by atoms with Crippen molar-refractivity contribution in [2.45, 2.75) is 30.4 Å². The van der Waals surface area contributed by atoms with Gasteiger partial charge in [-0.3, -0.25) is 4.79 Å². The van der Waals surface area contributed by atoms with Crippen molar-refractivity contribution in [3.63, 3.8) is 0 Å². The van der Waals surface area contributed by atoms with E-state index in [9.17, 15) is 13.2 Å². The van der Waals surface area contributed by atoms with Gasteiger partial charge in [0.05, 0.1) is 4.90 Å². The molecule has 0 bridgehead atoms. The van der Waals surface area contributed by atoms with Gasteiger partial charge < -0.3 is 11.5 Å². The number of hydrogen-bond donors (Lipinski definition) is 2. The van der Waals surface area contributed by atoms with Crippen molar-refractivity contribution in [2.75, 3.05) is 5.73 Å². The number of benzene rings is 1. The Morgan fingerprint density at radius 2 is 2.00 bits per heavy atom. The van der Waals surface area contributed by atoms with Crippen LogP contribution in [0.15, 0.2) is 23.1 Å². The summed E-state index contributed by atoms with van der Waals surface area (Å²) in [5.41, 5.74) is 11.9. The van der Waals surface area contributed by atoms with Crippen LogP contribution in [0, 0.1) is 6.92 Å². The molecule has 94 valence electrons. The van der Waals surface area contributed by atoms with Gasteiger partial charge in [-0.05, 0) is 37.1 Å². The molecule has 1 unspecified atom stereocenters. The summed E-state index contributed by atoms with van der Waals surface area (Å²) in [6.45, 7) is 3.32. The van der Waals surface area contributed by atoms with E-state index in [-0.39, 0.29) is 11.3 Å². The lowest BCUT2D eigenvalue weighted by atomic mass is 10.2. The van der Waals surface area contributed by atoms with Crippen LogP contribution in [0.5, 0.6) is 0 Å². The van der Waals surface area contributed by atoms with Gasteiger partial charge in [0.15, 0.2) is 9.84 Å². The molecule has 1 amide bonds. The maximum atomic E-state index is 12.1. The molecule has 17 heavy (non-hydrogen) atoms. The maximum Gasteiger partial charge on any atom is 0.236 e. The van der Waals surface area contributed by atoms with Gasteiger partial charge >= 0.3 is 0 Å². The van der Waals surface area contributed by atoms with E-state index in [4.69, 9.17) is 11.5 Å². The molecule has 0 radical (unpaired) electrons. The highest BCUT2D eigenvalue weighted by Crippen LogP contribution is 2.22. The van der Waals surface area contributed by atoms with Gasteiger partial charge in [0.2, 0.25) is 5.91 Å². The van der Waals surface area contributed by atoms with Gasteiger partial charge in [-0.1, -0.05) is 6.92 Å². The molecule has 0 aliphatic carbocycles. The summed E-state index contributed by atoms with van der Waals surface area (Å²) in [6, 6.07) is 4.36. The van der Waals surface area contributed by atoms with Crippen LogP contribution in [-0.4, -0.2) is 19.6 Å². The van der Waals surface area contributed by atoms with Crippen molar-refractivity contribution in [3.8, 4) is 0 Å². The van der Waals surface area contributed by atoms with E-state index in [0.29, 0.717) is 11.3 Å². The first-order valence-electron chi connectivity index (χ1n) is 5.20. The SMILES string of the molecule is CCC(C(N)=O)S(=O)(=O)c1ccc(N)c(C)c1. The van der Waals surface area contributed by atoms with Crippen molar-refractivity contribution >= 4 is 21.4 Å². The van der Waals surface area contributed by atoms with E-state index < -0.39 is 21.0 Å². The molecule has 4 N–H and O–H groups in total. The van der Waals surface area contributed by atoms with Crippen molar-refractivity contribution in [2.24, 2.45) is 5.73 Å². The van der Waals surface area contributed by atoms with Crippen LogP contribution >= 0.6 is 0 Å². The summed E-state index contributed by atoms with van der Waals surface area (Å²) in [4.78, 5) is 11.2. The first-order valence-corrected chi connectivity index (χ1v) is 6.74. The topological polar surface area (TPSA) is 103 Å². The fourth-order valence-electron chi connectivity index (χ4n) is 1.56. The zero-order valence-corrected chi connectivity index (χ0v) is 10.6. The maximum absolute atomic E-state index is 12.1. The minimum absolute atomic E-state index is 0.0786. The number of carbonyl (C=O) groups excluding carboxylic acids is 1. The lowest BCUT2D eigenvalue weighted by Crippen LogP contribution is -2.35. The van der Waals surface area contributed by atoms with Gasteiger partial charge in [-0.25, -0.2) is 8.42 Å². The van der Waals surface area contributed by atoms with Crippen molar-refractivity contribution in [1.29, 1.82) is 0 Å². The number of nitrogens with two attached hydrogens (primary N) is 2. The average molecular weight is 256 g/mol. The lowest BCUT2D eigenvalue weighted by Gasteiger charge is -2.13. The van der Waals surface area contributed by atoms with Crippen molar-refractivity contribution in [3.05, 3.63) is 23.8 Å². The molecule has 5 nitrogen and oxygen atoms in total. The summed E-state index contributed by atoms with van der Waals surface area (Å²) in [7, 11) is -3.72. The fourth-order valence-corrected chi connectivity index (χ4v) is 3.23. The second-order valence-electron chi connectivity index (χ2n) is 3.86. The van der Waals surface area contributed by atoms with Crippen LogP contribution in [0.1, 0.15) is 18.9 Å². The highest BCUT2D eigenvalue weighted by Gasteiger charge is 2.30. The highest BCUT2D eigenvalue weighted by atomic mass is 32.2. The molecular formula is C11H16N2O3S. The standard InChI is InChI=1S/C11H16N2O3S/c1-3-10(11(13)14)17(15,16)8-4-5-9(12)7(2)6-8/h4-6,10H,3,12H2,1-2H3,(H2,13,14). The summed E-state index contributed by atoms with van der Waals surface area (Å²) >= 11 is 0. The third-order valence-electron chi connectivity index (χ3n) is 2.63. The predicted octanol–water partition coefficient (Wildman–Crippen LogP) is 0.615. The van der Waals surface area contributed by atoms with E-state index >= 15 is 0 Å². The summed E-state index contributed by atoms with van der Waals surface area (Å²) in [6.07, 6.45) is 0.154. The molecule has 0 heterocycles. The first kappa shape index (κ1) is 13.5. The summed E-state index contributed by atoms with van der Waals surface area (Å²) in [5, 5.41) is -1.19. The number of nitrogen functional groups attached to an aromatic ring is 1. The number of rotatable bonds is 4. The number of primary amides is 1. The Morgan fingerprint density at radius 3 is 2.41 bits per heavy atom. The molecule has 1 aromatic rings. The Kier molecular flexibility index (Phi) is 3.77. The molecular weight excluding hydrogens is 240 g/mol. The Morgan fingerprint density at radius 1 is 1.41 bits per heavy atom. The Labute approximate surface area is 101 Å². The van der Waals surface area contributed by atoms with E-state index in [1.807, 2.05) is 0 Å². The third-order valence-corrected chi connectivity index (χ3v) is 4.86. The Hall–Kier alpha value is -1.56. The first-order chi connectivity index (χ1) is 7.80. The van der Waals surface area contributed by atoms with E-state index in [2.05, 4.69) is 0 Å². The minimum atomic E-state index is -3.72. The van der Waals surface area contributed by atoms with Crippen LogP contribution in [0.3, 0.4) is 0 Å². The van der Waals surface area contributed by atoms with Crippen LogP contribution in [0.25, 0.3) is 0 Å². The summed E-state index contributed by atoms with van der Waals surface area (Å²) < 4.78 is 24.3. The molecule has 1 rings (SSSR count). The number of anilines is 1. The minimum Gasteiger partial charge on any atom is -0.399 e. The van der Waals surface area contributed by atoms with Crippen LogP contribution < -0.4 is 11.5 Å². The molecule has 1 atom stereocenters. The number of amides is 1. The average Bonchev–Trinajstić information content (AvgIpc) is 2.21. The lowest BCUT2D eigenvalue weighted by molar-refractivity contribution is -0.117. The number of hydrogen-bond acceptors (Lipinski definition) is 4. The van der Waals surface area contributed by atoms with E-state index in [1.165, 1.54) is 18.2 Å². The number of sulfone groups is 1. The van der Waals surface area contributed by atoms with Crippen LogP contribution in [-0.2, 0) is 14.6 Å². The zero-order valence-electron chi connectivity index (χ0n) is 9.80. The number of carbonyl (C=O) groups is 1. The molecule has 0 saturated carbocycles. The van der Waals surface area contributed by atoms with Gasteiger partial charge in [0.1, 0.15) is 5.25 Å². The third kappa shape index (κ3) is 2.58. The summed E-state index contributed by atoms with van der Waals surface area (Å²) in [5.74, 6) is -0.832. The molecule has 0 aliphatic rings. The molecule has 0 spiro atoms. The smallest absolute Gasteiger partial charge is 0.236 e. The number of aryl methyl sites for hydroxylation is 1. The monoisotopic (exact) mass is 256 g/mol. The normalized spacial score (nSPS) is 13.3. The van der Waals surface area contributed by atoms with Gasteiger partial charge in [0, 0.05) is 5.69 Å². The largest absolute Gasteiger partial charge is 0.399 e. The second kappa shape index (κ2) is 4.75. The quantitative estimate of drug-likeness (QED) is 0.770. The van der Waals surface area contributed by atoms with E-state index in [0.717, 1.165) is 0 Å². The van der Waals surface area contributed by atoms with Crippen molar-refractivity contribution in [1.82, 2.24) is 0 Å². The van der Waals surface area contributed by atoms with Crippen LogP contribution in [0.4, 0.5) is 5.69 Å². The second-order valence-corrected chi connectivity index (χ2v) is 5.99. The Bertz CT molecular complexity index is 538. The highest BCUT2D eigenvalue weighted by molar-refractivity contribution is 7.92.